The van der Waals surface area contributed by atoms with Gasteiger partial charge in [-0.05, 0) is 93.2 Å². The van der Waals surface area contributed by atoms with Crippen molar-refractivity contribution in [2.24, 2.45) is 35.0 Å². The Balaban J connectivity index is 1.13. The highest BCUT2D eigenvalue weighted by Crippen LogP contribution is 2.61. The number of hydrogen-bond donors (Lipinski definition) is 3. The number of amides is 1. The second-order valence-corrected chi connectivity index (χ2v) is 12.7. The van der Waals surface area contributed by atoms with Crippen molar-refractivity contribution in [2.75, 3.05) is 6.61 Å². The molecule has 1 aromatic rings. The molecule has 6 rings (SSSR count). The minimum atomic E-state index is -0.850. The molecule has 5 aliphatic rings. The average Bonchev–Trinajstić information content (AvgIpc) is 3.35. The van der Waals surface area contributed by atoms with E-state index in [-0.39, 0.29) is 24.0 Å². The highest BCUT2D eigenvalue weighted by molar-refractivity contribution is 5.95. The summed E-state index contributed by atoms with van der Waals surface area (Å²) in [6, 6.07) is 7.27. The van der Waals surface area contributed by atoms with Gasteiger partial charge in [0.2, 0.25) is 0 Å². The maximum atomic E-state index is 12.8. The lowest BCUT2D eigenvalue weighted by Crippen LogP contribution is -2.57. The smallest absolute Gasteiger partial charge is 0.309 e. The van der Waals surface area contributed by atoms with Gasteiger partial charge in [-0.3, -0.25) is 9.59 Å². The summed E-state index contributed by atoms with van der Waals surface area (Å²) in [6.45, 7) is 7.70. The number of ether oxygens (including phenoxy) is 2. The van der Waals surface area contributed by atoms with E-state index in [9.17, 15) is 19.8 Å². The summed E-state index contributed by atoms with van der Waals surface area (Å²) in [4.78, 5) is 24.3. The van der Waals surface area contributed by atoms with Crippen LogP contribution in [0.25, 0.3) is 0 Å². The van der Waals surface area contributed by atoms with E-state index in [0.717, 1.165) is 31.4 Å². The molecule has 1 saturated heterocycles. The van der Waals surface area contributed by atoms with Crippen LogP contribution in [-0.4, -0.2) is 46.6 Å². The number of fused-ring (bicyclic) bond motifs is 2. The van der Waals surface area contributed by atoms with Gasteiger partial charge in [0.1, 0.15) is 0 Å². The molecule has 4 aliphatic carbocycles. The number of carbonyl (C=O) groups is 2. The van der Waals surface area contributed by atoms with Crippen molar-refractivity contribution in [1.29, 1.82) is 0 Å². The Morgan fingerprint density at radius 2 is 1.81 bits per heavy atom. The Bertz CT molecular complexity index is 986. The molecule has 37 heavy (non-hydrogen) atoms. The molecule has 0 spiro atoms. The molecule has 1 aliphatic heterocycles. The van der Waals surface area contributed by atoms with Gasteiger partial charge in [0.05, 0.1) is 24.7 Å². The van der Waals surface area contributed by atoms with Crippen LogP contribution in [0.4, 0.5) is 0 Å². The van der Waals surface area contributed by atoms with Gasteiger partial charge in [0.25, 0.3) is 5.91 Å². The molecular weight excluding hydrogens is 470 g/mol. The molecule has 1 heterocycles. The van der Waals surface area contributed by atoms with E-state index in [1.165, 1.54) is 12.8 Å². The van der Waals surface area contributed by atoms with Gasteiger partial charge >= 0.3 is 5.97 Å². The standard InChI is InChI=1S/C30H43NO6/c1-18-4-10-24(25-15-36-19(2)5-11-23(18)25)20(3)27(33)37-14-21-6-8-22(9-7-21)26(32)31-30-13-12-29(16-30,17-30)28(34)35/h6-9,18-20,23-25,27,33H,4-5,10-17H2,1-3H3,(H,31,32)(H,34,35)/t18-,19?,20?,23?,24?,25?,27?,29?,30?/m1/s1. The van der Waals surface area contributed by atoms with E-state index in [1.807, 2.05) is 12.1 Å². The van der Waals surface area contributed by atoms with Gasteiger partial charge < -0.3 is 25.0 Å². The third kappa shape index (κ3) is 5.19. The average molecular weight is 514 g/mol. The van der Waals surface area contributed by atoms with Crippen molar-refractivity contribution in [1.82, 2.24) is 5.32 Å². The summed E-state index contributed by atoms with van der Waals surface area (Å²) in [7, 11) is 0. The highest BCUT2D eigenvalue weighted by Gasteiger charge is 2.65. The molecule has 7 heteroatoms. The Morgan fingerprint density at radius 3 is 2.49 bits per heavy atom. The van der Waals surface area contributed by atoms with Crippen LogP contribution in [0.5, 0.6) is 0 Å². The van der Waals surface area contributed by atoms with Crippen molar-refractivity contribution in [3.63, 3.8) is 0 Å². The van der Waals surface area contributed by atoms with Crippen LogP contribution in [0, 0.1) is 35.0 Å². The quantitative estimate of drug-likeness (QED) is 0.433. The second-order valence-electron chi connectivity index (χ2n) is 12.7. The number of aliphatic hydroxyl groups is 1. The first-order chi connectivity index (χ1) is 17.6. The summed E-state index contributed by atoms with van der Waals surface area (Å²) in [6.07, 6.45) is 6.47. The molecular formula is C30H43NO6. The van der Waals surface area contributed by atoms with Crippen molar-refractivity contribution in [3.8, 4) is 0 Å². The Hall–Kier alpha value is -1.96. The molecule has 1 aromatic carbocycles. The lowest BCUT2D eigenvalue weighted by atomic mass is 9.62. The summed E-state index contributed by atoms with van der Waals surface area (Å²) in [5, 5.41) is 23.5. The van der Waals surface area contributed by atoms with Gasteiger partial charge in [-0.2, -0.15) is 0 Å². The first kappa shape index (κ1) is 26.6. The number of carboxylic acids is 1. The number of aliphatic carboxylic acids is 1. The number of carboxylic acid groups (broad SMARTS) is 1. The maximum Gasteiger partial charge on any atom is 0.309 e. The number of carbonyl (C=O) groups excluding carboxylic acids is 1. The van der Waals surface area contributed by atoms with Crippen LogP contribution in [0.15, 0.2) is 24.3 Å². The van der Waals surface area contributed by atoms with Crippen molar-refractivity contribution in [2.45, 2.75) is 96.7 Å². The first-order valence-electron chi connectivity index (χ1n) is 14.2. The lowest BCUT2D eigenvalue weighted by Gasteiger charge is -2.45. The highest BCUT2D eigenvalue weighted by atomic mass is 16.6. The number of aliphatic hydroxyl groups excluding tert-OH is 1. The zero-order chi connectivity index (χ0) is 26.4. The van der Waals surface area contributed by atoms with Gasteiger partial charge in [-0.1, -0.05) is 32.4 Å². The molecule has 5 fully saturated rings. The summed E-state index contributed by atoms with van der Waals surface area (Å²) in [5.74, 6) is 1.32. The number of benzene rings is 1. The predicted molar refractivity (Wildman–Crippen MR) is 139 cm³/mol. The summed E-state index contributed by atoms with van der Waals surface area (Å²) >= 11 is 0. The molecule has 4 saturated carbocycles. The molecule has 6 unspecified atom stereocenters. The fraction of sp³-hybridized carbons (Fsp3) is 0.733. The van der Waals surface area contributed by atoms with Crippen LogP contribution in [0.3, 0.4) is 0 Å². The van der Waals surface area contributed by atoms with E-state index in [4.69, 9.17) is 9.47 Å². The molecule has 7 nitrogen and oxygen atoms in total. The van der Waals surface area contributed by atoms with Crippen LogP contribution in [0.1, 0.15) is 88.1 Å². The van der Waals surface area contributed by atoms with E-state index >= 15 is 0 Å². The van der Waals surface area contributed by atoms with Gasteiger partial charge in [0.15, 0.2) is 6.29 Å². The van der Waals surface area contributed by atoms with E-state index in [2.05, 4.69) is 26.1 Å². The normalized spacial score (nSPS) is 38.5. The maximum absolute atomic E-state index is 12.8. The molecule has 204 valence electrons. The fourth-order valence-corrected chi connectivity index (χ4v) is 7.90. The zero-order valence-corrected chi connectivity index (χ0v) is 22.4. The van der Waals surface area contributed by atoms with Crippen molar-refractivity contribution in [3.05, 3.63) is 35.4 Å². The molecule has 0 radical (unpaired) electrons. The molecule has 3 N–H and O–H groups in total. The van der Waals surface area contributed by atoms with Gasteiger partial charge in [0, 0.05) is 17.0 Å². The Labute approximate surface area is 220 Å². The molecule has 1 amide bonds. The fourth-order valence-electron chi connectivity index (χ4n) is 7.90. The van der Waals surface area contributed by atoms with Crippen LogP contribution in [0.2, 0.25) is 0 Å². The Kier molecular flexibility index (Phi) is 7.42. The number of hydrogen-bond acceptors (Lipinski definition) is 5. The minimum absolute atomic E-state index is 0.0214. The predicted octanol–water partition coefficient (Wildman–Crippen LogP) is 4.76. The zero-order valence-electron chi connectivity index (χ0n) is 22.4. The molecule has 7 atom stereocenters. The topological polar surface area (TPSA) is 105 Å². The second kappa shape index (κ2) is 10.3. The first-order valence-corrected chi connectivity index (χ1v) is 14.2. The monoisotopic (exact) mass is 513 g/mol. The lowest BCUT2D eigenvalue weighted by molar-refractivity contribution is -0.164. The summed E-state index contributed by atoms with van der Waals surface area (Å²) in [5.41, 5.74) is 0.451. The largest absolute Gasteiger partial charge is 0.481 e. The third-order valence-electron chi connectivity index (χ3n) is 10.3. The van der Waals surface area contributed by atoms with Crippen molar-refractivity contribution < 1.29 is 29.3 Å². The van der Waals surface area contributed by atoms with E-state index in [1.54, 1.807) is 12.1 Å². The van der Waals surface area contributed by atoms with Gasteiger partial charge in [-0.15, -0.1) is 0 Å². The van der Waals surface area contributed by atoms with Crippen molar-refractivity contribution >= 4 is 11.9 Å². The minimum Gasteiger partial charge on any atom is -0.481 e. The van der Waals surface area contributed by atoms with Crippen LogP contribution < -0.4 is 5.32 Å². The SMILES string of the molecule is CC1CCC2C(CO1)C(C(C)C(O)OCc1ccc(C(=O)NC34CCC(C(=O)O)(C3)C4)cc1)CC[C@H]2C. The number of nitrogens with one attached hydrogen (secondary N) is 1. The molecule has 2 bridgehead atoms. The molecule has 0 aromatic heterocycles. The number of rotatable bonds is 8. The summed E-state index contributed by atoms with van der Waals surface area (Å²) < 4.78 is 12.0. The third-order valence-corrected chi connectivity index (χ3v) is 10.3. The van der Waals surface area contributed by atoms with E-state index < -0.39 is 17.7 Å². The Morgan fingerprint density at radius 1 is 1.08 bits per heavy atom. The van der Waals surface area contributed by atoms with E-state index in [0.29, 0.717) is 54.6 Å². The van der Waals surface area contributed by atoms with Gasteiger partial charge in [-0.25, -0.2) is 0 Å². The van der Waals surface area contributed by atoms with Crippen LogP contribution >= 0.6 is 0 Å². The van der Waals surface area contributed by atoms with Crippen LogP contribution in [-0.2, 0) is 20.9 Å².